The number of nitrogens with one attached hydrogen (secondary N) is 1. The van der Waals surface area contributed by atoms with Crippen LogP contribution in [0.25, 0.3) is 22.2 Å². The topological polar surface area (TPSA) is 71.9 Å². The van der Waals surface area contributed by atoms with Crippen LogP contribution in [0.1, 0.15) is 6.92 Å². The van der Waals surface area contributed by atoms with Crippen LogP contribution in [0, 0.1) is 0 Å². The van der Waals surface area contributed by atoms with Crippen molar-refractivity contribution in [1.29, 1.82) is 0 Å². The van der Waals surface area contributed by atoms with Crippen LogP contribution >= 0.6 is 0 Å². The molecular weight excluding hydrogens is 280 g/mol. The number of anilines is 1. The predicted molar refractivity (Wildman–Crippen MR) is 83.7 cm³/mol. The van der Waals surface area contributed by atoms with E-state index in [9.17, 15) is 0 Å². The van der Waals surface area contributed by atoms with Gasteiger partial charge in [0.25, 0.3) is 0 Å². The van der Waals surface area contributed by atoms with Gasteiger partial charge < -0.3 is 14.6 Å². The number of aryl methyl sites for hydroxylation is 1. The van der Waals surface area contributed by atoms with Crippen LogP contribution in [-0.4, -0.2) is 50.5 Å². The fourth-order valence-electron chi connectivity index (χ4n) is 2.98. The maximum Gasteiger partial charge on any atom is 0.143 e. The predicted octanol–water partition coefficient (Wildman–Crippen LogP) is 1.58. The Morgan fingerprint density at radius 2 is 2.27 bits per heavy atom. The smallest absolute Gasteiger partial charge is 0.143 e. The third-order valence-electron chi connectivity index (χ3n) is 4.01. The van der Waals surface area contributed by atoms with Crippen molar-refractivity contribution in [2.24, 2.45) is 7.05 Å². The van der Waals surface area contributed by atoms with E-state index < -0.39 is 0 Å². The molecule has 1 aliphatic rings. The van der Waals surface area contributed by atoms with Crippen molar-refractivity contribution in [2.75, 3.05) is 24.6 Å². The normalized spacial score (nSPS) is 19.0. The fraction of sp³-hybridized carbons (Fsp3) is 0.400. The molecule has 3 aromatic rings. The summed E-state index contributed by atoms with van der Waals surface area (Å²) in [6.45, 7) is 4.49. The molecule has 4 rings (SSSR count). The molecule has 7 nitrogen and oxygen atoms in total. The van der Waals surface area contributed by atoms with Crippen LogP contribution < -0.4 is 4.90 Å². The SMILES string of the molecule is CC1CN(c2ncnc3[nH]cc(-c4cnn(C)c4)c23)CCO1. The van der Waals surface area contributed by atoms with Gasteiger partial charge in [-0.05, 0) is 6.92 Å². The van der Waals surface area contributed by atoms with E-state index in [1.165, 1.54) is 0 Å². The number of aromatic amines is 1. The number of morpholine rings is 1. The minimum absolute atomic E-state index is 0.208. The van der Waals surface area contributed by atoms with E-state index in [0.29, 0.717) is 0 Å². The van der Waals surface area contributed by atoms with Crippen molar-refractivity contribution in [1.82, 2.24) is 24.7 Å². The lowest BCUT2D eigenvalue weighted by molar-refractivity contribution is 0.0530. The lowest BCUT2D eigenvalue weighted by Gasteiger charge is -2.32. The Bertz CT molecular complexity index is 807. The van der Waals surface area contributed by atoms with Gasteiger partial charge in [0.05, 0.1) is 24.3 Å². The quantitative estimate of drug-likeness (QED) is 0.778. The zero-order valence-electron chi connectivity index (χ0n) is 12.7. The molecule has 0 saturated carbocycles. The van der Waals surface area contributed by atoms with Crippen LogP contribution in [0.3, 0.4) is 0 Å². The molecule has 1 fully saturated rings. The Kier molecular flexibility index (Phi) is 3.07. The number of ether oxygens (including phenoxy) is 1. The highest BCUT2D eigenvalue weighted by Gasteiger charge is 2.22. The Morgan fingerprint density at radius 1 is 1.36 bits per heavy atom. The number of rotatable bonds is 2. The average molecular weight is 298 g/mol. The van der Waals surface area contributed by atoms with Crippen LogP contribution in [0.4, 0.5) is 5.82 Å². The first-order valence-corrected chi connectivity index (χ1v) is 7.40. The second kappa shape index (κ2) is 5.10. The van der Waals surface area contributed by atoms with Crippen LogP contribution in [-0.2, 0) is 11.8 Å². The van der Waals surface area contributed by atoms with Crippen LogP contribution in [0.15, 0.2) is 24.9 Å². The molecule has 4 heterocycles. The first-order chi connectivity index (χ1) is 10.7. The average Bonchev–Trinajstić information content (AvgIpc) is 3.12. The van der Waals surface area contributed by atoms with Gasteiger partial charge in [-0.25, -0.2) is 9.97 Å². The molecular formula is C15H18N6O. The summed E-state index contributed by atoms with van der Waals surface area (Å²) in [5.74, 6) is 0.959. The van der Waals surface area contributed by atoms with Crippen molar-refractivity contribution in [3.8, 4) is 11.1 Å². The van der Waals surface area contributed by atoms with Gasteiger partial charge in [0.2, 0.25) is 0 Å². The highest BCUT2D eigenvalue weighted by Crippen LogP contribution is 2.33. The molecule has 1 unspecified atom stereocenters. The Balaban J connectivity index is 1.86. The van der Waals surface area contributed by atoms with Gasteiger partial charge in [-0.2, -0.15) is 5.10 Å². The summed E-state index contributed by atoms with van der Waals surface area (Å²) in [4.78, 5) is 14.4. The molecule has 114 valence electrons. The van der Waals surface area contributed by atoms with Gasteiger partial charge >= 0.3 is 0 Å². The summed E-state index contributed by atoms with van der Waals surface area (Å²) >= 11 is 0. The number of hydrogen-bond donors (Lipinski definition) is 1. The van der Waals surface area contributed by atoms with E-state index in [1.54, 1.807) is 11.0 Å². The summed E-state index contributed by atoms with van der Waals surface area (Å²) in [6, 6.07) is 0. The van der Waals surface area contributed by atoms with Crippen molar-refractivity contribution in [2.45, 2.75) is 13.0 Å². The fourth-order valence-corrected chi connectivity index (χ4v) is 2.98. The Morgan fingerprint density at radius 3 is 3.05 bits per heavy atom. The zero-order chi connectivity index (χ0) is 15.1. The van der Waals surface area contributed by atoms with Crippen LogP contribution in [0.5, 0.6) is 0 Å². The first-order valence-electron chi connectivity index (χ1n) is 7.40. The number of nitrogens with zero attached hydrogens (tertiary/aromatic N) is 5. The highest BCUT2D eigenvalue weighted by atomic mass is 16.5. The van der Waals surface area contributed by atoms with Gasteiger partial charge in [-0.1, -0.05) is 0 Å². The minimum atomic E-state index is 0.208. The Labute approximate surface area is 127 Å². The van der Waals surface area contributed by atoms with Gasteiger partial charge in [-0.3, -0.25) is 4.68 Å². The molecule has 3 aromatic heterocycles. The minimum Gasteiger partial charge on any atom is -0.375 e. The number of H-pyrrole nitrogens is 1. The molecule has 1 saturated heterocycles. The summed E-state index contributed by atoms with van der Waals surface area (Å²) in [5.41, 5.74) is 2.99. The molecule has 1 aliphatic heterocycles. The molecule has 1 atom stereocenters. The van der Waals surface area contributed by atoms with Crippen LogP contribution in [0.2, 0.25) is 0 Å². The van der Waals surface area contributed by atoms with Crippen molar-refractivity contribution < 1.29 is 4.74 Å². The maximum atomic E-state index is 5.64. The van der Waals surface area contributed by atoms with E-state index in [2.05, 4.69) is 31.9 Å². The highest BCUT2D eigenvalue weighted by molar-refractivity contribution is 6.00. The molecule has 0 radical (unpaired) electrons. The third kappa shape index (κ3) is 2.14. The third-order valence-corrected chi connectivity index (χ3v) is 4.01. The molecule has 0 aliphatic carbocycles. The zero-order valence-corrected chi connectivity index (χ0v) is 12.7. The monoisotopic (exact) mass is 298 g/mol. The molecule has 22 heavy (non-hydrogen) atoms. The lowest BCUT2D eigenvalue weighted by atomic mass is 10.1. The van der Waals surface area contributed by atoms with Gasteiger partial charge in [0.15, 0.2) is 0 Å². The van der Waals surface area contributed by atoms with E-state index >= 15 is 0 Å². The summed E-state index contributed by atoms with van der Waals surface area (Å²) in [5, 5.41) is 5.31. The number of aromatic nitrogens is 5. The van der Waals surface area contributed by atoms with Gasteiger partial charge in [0, 0.05) is 43.7 Å². The number of hydrogen-bond acceptors (Lipinski definition) is 5. The van der Waals surface area contributed by atoms with E-state index in [-0.39, 0.29) is 6.10 Å². The second-order valence-electron chi connectivity index (χ2n) is 5.65. The largest absolute Gasteiger partial charge is 0.375 e. The Hall–Kier alpha value is -2.41. The van der Waals surface area contributed by atoms with Crippen molar-refractivity contribution in [3.63, 3.8) is 0 Å². The molecule has 0 spiro atoms. The molecule has 1 N–H and O–H groups in total. The number of fused-ring (bicyclic) bond motifs is 1. The molecule has 0 aromatic carbocycles. The summed E-state index contributed by atoms with van der Waals surface area (Å²) in [6.07, 6.45) is 7.66. The molecule has 7 heteroatoms. The molecule has 0 amide bonds. The lowest BCUT2D eigenvalue weighted by Crippen LogP contribution is -2.41. The maximum absolute atomic E-state index is 5.64. The van der Waals surface area contributed by atoms with Crippen molar-refractivity contribution in [3.05, 3.63) is 24.9 Å². The summed E-state index contributed by atoms with van der Waals surface area (Å²) < 4.78 is 7.44. The van der Waals surface area contributed by atoms with Gasteiger partial charge in [-0.15, -0.1) is 0 Å². The second-order valence-corrected chi connectivity index (χ2v) is 5.65. The molecule has 0 bridgehead atoms. The first kappa shape index (κ1) is 13.3. The standard InChI is InChI=1S/C15H18N6O/c1-10-7-21(3-4-22-10)15-13-12(11-5-19-20(2)8-11)6-16-14(13)17-9-18-15/h5-6,8-10H,3-4,7H2,1-2H3,(H,16,17,18). The summed E-state index contributed by atoms with van der Waals surface area (Å²) in [7, 11) is 1.92. The van der Waals surface area contributed by atoms with Crippen molar-refractivity contribution >= 4 is 16.9 Å². The van der Waals surface area contributed by atoms with Gasteiger partial charge in [0.1, 0.15) is 17.8 Å². The van der Waals surface area contributed by atoms with E-state index in [1.807, 2.05) is 25.6 Å². The van der Waals surface area contributed by atoms with E-state index in [0.717, 1.165) is 47.7 Å². The van der Waals surface area contributed by atoms with E-state index in [4.69, 9.17) is 4.74 Å².